The van der Waals surface area contributed by atoms with Crippen LogP contribution in [0.1, 0.15) is 11.1 Å². The van der Waals surface area contributed by atoms with E-state index in [1.54, 1.807) is 0 Å². The molecule has 35 heavy (non-hydrogen) atoms. The minimum atomic E-state index is 0. The molecule has 0 spiro atoms. The van der Waals surface area contributed by atoms with Gasteiger partial charge in [-0.1, -0.05) is 0 Å². The topological polar surface area (TPSA) is 41.5 Å². The molecule has 0 radical (unpaired) electrons. The summed E-state index contributed by atoms with van der Waals surface area (Å²) in [5, 5.41) is 0. The molecule has 2 heterocycles. The van der Waals surface area contributed by atoms with Gasteiger partial charge in [0.1, 0.15) is 0 Å². The third-order valence-corrected chi connectivity index (χ3v) is 8.64. The van der Waals surface area contributed by atoms with Crippen LogP contribution >= 0.6 is 0 Å². The monoisotopic (exact) mass is 551 g/mol. The van der Waals surface area contributed by atoms with Gasteiger partial charge in [0.15, 0.2) is 0 Å². The molecule has 2 aromatic rings. The van der Waals surface area contributed by atoms with Crippen molar-refractivity contribution in [3.8, 4) is 0 Å². The summed E-state index contributed by atoms with van der Waals surface area (Å²) in [6, 6.07) is 17.3. The summed E-state index contributed by atoms with van der Waals surface area (Å²) in [6.07, 6.45) is 13.5. The molecule has 0 amide bonds. The molecule has 1 fully saturated rings. The summed E-state index contributed by atoms with van der Waals surface area (Å²) in [5.74, 6) is 0. The maximum absolute atomic E-state index is 5.96. The van der Waals surface area contributed by atoms with Crippen LogP contribution in [0.25, 0.3) is 8.94 Å². The van der Waals surface area contributed by atoms with Crippen molar-refractivity contribution in [3.05, 3.63) is 107 Å². The number of ether oxygens (including phenoxy) is 1. The van der Waals surface area contributed by atoms with E-state index in [2.05, 4.69) is 96.4 Å². The van der Waals surface area contributed by atoms with Gasteiger partial charge < -0.3 is 12.4 Å². The van der Waals surface area contributed by atoms with Crippen LogP contribution in [-0.4, -0.2) is 65.6 Å². The Bertz CT molecular complexity index is 1240. The number of nitrogen functional groups attached to an aromatic ring is 1. The predicted octanol–water partition coefficient (Wildman–Crippen LogP) is 1.34. The summed E-state index contributed by atoms with van der Waals surface area (Å²) in [4.78, 5) is 2.40. The average Bonchev–Trinajstić information content (AvgIpc) is 2.89. The minimum Gasteiger partial charge on any atom is -1.00 e. The number of allylic oxidation sites excluding steroid dienone is 8. The van der Waals surface area contributed by atoms with Gasteiger partial charge in [-0.2, -0.15) is 0 Å². The van der Waals surface area contributed by atoms with Crippen molar-refractivity contribution in [3.63, 3.8) is 0 Å². The Morgan fingerprint density at radius 3 is 1.86 bits per heavy atom. The normalized spacial score (nSPS) is 17.7. The van der Waals surface area contributed by atoms with E-state index in [1.807, 2.05) is 12.1 Å². The number of anilines is 2. The van der Waals surface area contributed by atoms with Gasteiger partial charge in [-0.25, -0.2) is 0 Å². The molecular weight excluding hydrogens is 521 g/mol. The number of benzene rings is 2. The van der Waals surface area contributed by atoms with Gasteiger partial charge in [0.2, 0.25) is 0 Å². The third kappa shape index (κ3) is 5.88. The van der Waals surface area contributed by atoms with E-state index in [9.17, 15) is 0 Å². The SMILES string of the molecule is C[N+](C)=C1C=CC(=C2C=C(c3ccc(N)cc3)[Se]C(c3ccc(N4CCOCC4)cc3)=C2)C=C1.[Cl-]. The molecule has 2 aromatic carbocycles. The molecule has 0 saturated carbocycles. The molecule has 0 unspecified atom stereocenters. The first kappa shape index (κ1) is 25.3. The Morgan fingerprint density at radius 2 is 1.31 bits per heavy atom. The molecule has 2 N–H and O–H groups in total. The van der Waals surface area contributed by atoms with Crippen LogP contribution in [0.2, 0.25) is 0 Å². The van der Waals surface area contributed by atoms with Gasteiger partial charge in [0.05, 0.1) is 0 Å². The molecule has 1 aliphatic carbocycles. The van der Waals surface area contributed by atoms with E-state index >= 15 is 0 Å². The standard InChI is InChI=1S/C29H29N3OSe.ClH/c1-31(2)26-11-5-21(6-12-26)24-19-28(22-3-9-25(30)10-4-22)34-29(20-24)23-7-13-27(14-8-23)32-15-17-33-18-16-32;/h3-14,19-20,30H,15-18H2,1-2H3;1H. The van der Waals surface area contributed by atoms with Crippen molar-refractivity contribution in [1.29, 1.82) is 0 Å². The second kappa shape index (κ2) is 11.3. The van der Waals surface area contributed by atoms with E-state index in [0.717, 1.165) is 32.0 Å². The maximum atomic E-state index is 5.96. The van der Waals surface area contributed by atoms with Crippen LogP contribution in [0.4, 0.5) is 11.4 Å². The van der Waals surface area contributed by atoms with Crippen molar-refractivity contribution in [2.24, 2.45) is 0 Å². The van der Waals surface area contributed by atoms with E-state index in [4.69, 9.17) is 10.5 Å². The zero-order valence-electron chi connectivity index (χ0n) is 20.1. The fourth-order valence-corrected chi connectivity index (χ4v) is 6.55. The summed E-state index contributed by atoms with van der Waals surface area (Å²) in [7, 11) is 4.14. The number of rotatable bonds is 3. The van der Waals surface area contributed by atoms with Gasteiger partial charge in [-0.3, -0.25) is 0 Å². The molecule has 5 rings (SSSR count). The molecule has 0 atom stereocenters. The molecule has 1 saturated heterocycles. The summed E-state index contributed by atoms with van der Waals surface area (Å²) in [6.45, 7) is 3.52. The van der Waals surface area contributed by atoms with Gasteiger partial charge in [-0.05, 0) is 0 Å². The number of hydrogen-bond acceptors (Lipinski definition) is 3. The van der Waals surface area contributed by atoms with E-state index in [0.29, 0.717) is 0 Å². The second-order valence-corrected chi connectivity index (χ2v) is 11.1. The zero-order chi connectivity index (χ0) is 23.5. The van der Waals surface area contributed by atoms with Crippen LogP contribution in [0.15, 0.2) is 96.1 Å². The fourth-order valence-electron chi connectivity index (χ4n) is 4.21. The number of halogens is 1. The largest absolute Gasteiger partial charge is 1.00 e. The van der Waals surface area contributed by atoms with Crippen LogP contribution in [0.5, 0.6) is 0 Å². The number of hydrogen-bond donors (Lipinski definition) is 1. The Morgan fingerprint density at radius 1 is 0.771 bits per heavy atom. The van der Waals surface area contributed by atoms with Crippen molar-refractivity contribution in [1.82, 2.24) is 0 Å². The van der Waals surface area contributed by atoms with Gasteiger partial charge in [0.25, 0.3) is 0 Å². The van der Waals surface area contributed by atoms with Gasteiger partial charge in [0, 0.05) is 0 Å². The first-order valence-electron chi connectivity index (χ1n) is 11.6. The van der Waals surface area contributed by atoms with E-state index in [-0.39, 0.29) is 27.4 Å². The first-order chi connectivity index (χ1) is 16.6. The van der Waals surface area contributed by atoms with Crippen LogP contribution in [-0.2, 0) is 4.74 Å². The quantitative estimate of drug-likeness (QED) is 0.356. The van der Waals surface area contributed by atoms with Crippen molar-refractivity contribution >= 4 is 41.0 Å². The summed E-state index contributed by atoms with van der Waals surface area (Å²) >= 11 is 0.198. The van der Waals surface area contributed by atoms with Gasteiger partial charge in [-0.15, -0.1) is 0 Å². The fraction of sp³-hybridized carbons (Fsp3) is 0.207. The first-order valence-corrected chi connectivity index (χ1v) is 13.3. The molecule has 0 aromatic heterocycles. The maximum Gasteiger partial charge on any atom is -1.00 e. The van der Waals surface area contributed by atoms with Crippen molar-refractivity contribution < 1.29 is 21.7 Å². The van der Waals surface area contributed by atoms with Crippen molar-refractivity contribution in [2.45, 2.75) is 0 Å². The Kier molecular flexibility index (Phi) is 8.15. The van der Waals surface area contributed by atoms with E-state index in [1.165, 1.54) is 42.6 Å². The zero-order valence-corrected chi connectivity index (χ0v) is 22.5. The molecule has 4 nitrogen and oxygen atoms in total. The minimum absolute atomic E-state index is 0. The average molecular weight is 551 g/mol. The summed E-state index contributed by atoms with van der Waals surface area (Å²) < 4.78 is 10.4. The Balaban J connectivity index is 0.00000289. The summed E-state index contributed by atoms with van der Waals surface area (Å²) in [5.41, 5.74) is 14.2. The van der Waals surface area contributed by atoms with Crippen LogP contribution in [0, 0.1) is 0 Å². The van der Waals surface area contributed by atoms with Crippen LogP contribution < -0.4 is 23.0 Å². The number of morpholine rings is 1. The second-order valence-electron chi connectivity index (χ2n) is 8.78. The molecular formula is C29H30ClN3OSe. The molecule has 3 aliphatic rings. The molecule has 2 aliphatic heterocycles. The van der Waals surface area contributed by atoms with E-state index < -0.39 is 0 Å². The molecule has 0 bridgehead atoms. The molecule has 6 heteroatoms. The Hall–Kier alpha value is -2.82. The van der Waals surface area contributed by atoms with Crippen molar-refractivity contribution in [2.75, 3.05) is 51.0 Å². The van der Waals surface area contributed by atoms with Crippen LogP contribution in [0.3, 0.4) is 0 Å². The molecule has 180 valence electrons. The third-order valence-electron chi connectivity index (χ3n) is 6.23. The van der Waals surface area contributed by atoms with Gasteiger partial charge >= 0.3 is 209 Å². The number of nitrogens with two attached hydrogens (primary N) is 1. The number of nitrogens with zero attached hydrogens (tertiary/aromatic N) is 2. The predicted molar refractivity (Wildman–Crippen MR) is 144 cm³/mol. The smallest absolute Gasteiger partial charge is 1.00 e. The Labute approximate surface area is 220 Å².